The molecule has 1 aromatic rings. The van der Waals surface area contributed by atoms with Gasteiger partial charge in [-0.25, -0.2) is 0 Å². The number of nitrogens with one attached hydrogen (secondary N) is 1. The monoisotopic (exact) mass is 373 g/mol. The van der Waals surface area contributed by atoms with Gasteiger partial charge in [0.1, 0.15) is 18.2 Å². The van der Waals surface area contributed by atoms with Gasteiger partial charge in [0, 0.05) is 13.2 Å². The lowest BCUT2D eigenvalue weighted by molar-refractivity contribution is -0.307. The van der Waals surface area contributed by atoms with E-state index in [9.17, 15) is 20.0 Å². The average molecular weight is 373 g/mol. The predicted octanol–water partition coefficient (Wildman–Crippen LogP) is 0.416. The van der Waals surface area contributed by atoms with E-state index in [2.05, 4.69) is 5.32 Å². The van der Waals surface area contributed by atoms with Crippen molar-refractivity contribution in [2.75, 3.05) is 26.4 Å². The molecule has 8 nitrogen and oxygen atoms in total. The van der Waals surface area contributed by atoms with Gasteiger partial charge in [-0.05, 0) is 43.5 Å². The molecule has 1 N–H and O–H groups in total. The number of amides is 1. The number of hydrogen-bond acceptors (Lipinski definition) is 7. The summed E-state index contributed by atoms with van der Waals surface area (Å²) in [7, 11) is 0. The van der Waals surface area contributed by atoms with Crippen LogP contribution in [0.1, 0.15) is 25.3 Å². The van der Waals surface area contributed by atoms with Gasteiger partial charge in [-0.2, -0.15) is 5.26 Å². The lowest BCUT2D eigenvalue weighted by atomic mass is 10.1. The summed E-state index contributed by atoms with van der Waals surface area (Å²) in [4.78, 5) is 22.8. The smallest absolute Gasteiger partial charge is 0.262 e. The Bertz CT molecular complexity index is 747. The van der Waals surface area contributed by atoms with E-state index in [0.29, 0.717) is 31.1 Å². The maximum Gasteiger partial charge on any atom is 0.262 e. The zero-order chi connectivity index (χ0) is 19.6. The van der Waals surface area contributed by atoms with E-state index in [1.165, 1.54) is 12.1 Å². The van der Waals surface area contributed by atoms with Crippen LogP contribution in [-0.2, 0) is 14.3 Å². The van der Waals surface area contributed by atoms with Gasteiger partial charge in [0.15, 0.2) is 11.5 Å². The molecule has 1 saturated heterocycles. The van der Waals surface area contributed by atoms with E-state index >= 15 is 0 Å². The maximum atomic E-state index is 12.2. The lowest BCUT2D eigenvalue weighted by Crippen LogP contribution is -2.32. The van der Waals surface area contributed by atoms with Crippen molar-refractivity contribution in [2.45, 2.75) is 25.9 Å². The Hall–Kier alpha value is -3.05. The number of carbonyl (C=O) groups excluding carboxylic acids is 2. The molecule has 0 spiro atoms. The number of carboxylic acids is 1. The zero-order valence-electron chi connectivity index (χ0n) is 15.0. The number of aliphatic carboxylic acids is 1. The molecule has 0 aliphatic carbocycles. The van der Waals surface area contributed by atoms with Crippen LogP contribution in [0.3, 0.4) is 0 Å². The Morgan fingerprint density at radius 2 is 2.22 bits per heavy atom. The van der Waals surface area contributed by atoms with Crippen LogP contribution in [0.5, 0.6) is 11.5 Å². The largest absolute Gasteiger partial charge is 0.546 e. The van der Waals surface area contributed by atoms with E-state index in [0.717, 1.165) is 12.8 Å². The van der Waals surface area contributed by atoms with Crippen LogP contribution in [0.25, 0.3) is 6.08 Å². The molecule has 1 fully saturated rings. The van der Waals surface area contributed by atoms with Crippen molar-refractivity contribution in [3.8, 4) is 17.6 Å². The normalized spacial score (nSPS) is 16.4. The van der Waals surface area contributed by atoms with Crippen molar-refractivity contribution >= 4 is 18.0 Å². The number of benzene rings is 1. The molecule has 1 atom stereocenters. The Labute approximate surface area is 157 Å². The lowest BCUT2D eigenvalue weighted by Gasteiger charge is -2.13. The second-order valence-corrected chi connectivity index (χ2v) is 5.81. The van der Waals surface area contributed by atoms with Crippen molar-refractivity contribution in [3.63, 3.8) is 0 Å². The van der Waals surface area contributed by atoms with Crippen molar-refractivity contribution in [3.05, 3.63) is 29.3 Å². The minimum Gasteiger partial charge on any atom is -0.546 e. The Morgan fingerprint density at radius 3 is 2.85 bits per heavy atom. The van der Waals surface area contributed by atoms with Crippen molar-refractivity contribution in [1.82, 2.24) is 5.32 Å². The van der Waals surface area contributed by atoms with Crippen LogP contribution in [0.4, 0.5) is 0 Å². The molecule has 1 aliphatic heterocycles. The highest BCUT2D eigenvalue weighted by Crippen LogP contribution is 2.29. The van der Waals surface area contributed by atoms with Crippen molar-refractivity contribution in [1.29, 1.82) is 5.26 Å². The SMILES string of the molecule is CCOc1cc(/C=C(/C#N)C(=O)NC[C@H]2CCCO2)ccc1OCC(=O)[O-]. The highest BCUT2D eigenvalue weighted by Gasteiger charge is 2.17. The summed E-state index contributed by atoms with van der Waals surface area (Å²) < 4.78 is 16.0. The molecule has 1 aromatic carbocycles. The van der Waals surface area contributed by atoms with Crippen LogP contribution < -0.4 is 19.9 Å². The summed E-state index contributed by atoms with van der Waals surface area (Å²) >= 11 is 0. The third-order valence-electron chi connectivity index (χ3n) is 3.80. The molecule has 0 bridgehead atoms. The predicted molar refractivity (Wildman–Crippen MR) is 93.7 cm³/mol. The minimum atomic E-state index is -1.35. The van der Waals surface area contributed by atoms with Crippen LogP contribution in [-0.4, -0.2) is 44.3 Å². The van der Waals surface area contributed by atoms with Gasteiger partial charge in [-0.15, -0.1) is 0 Å². The van der Waals surface area contributed by atoms with E-state index in [4.69, 9.17) is 14.2 Å². The first-order valence-corrected chi connectivity index (χ1v) is 8.64. The van der Waals surface area contributed by atoms with Gasteiger partial charge >= 0.3 is 0 Å². The number of hydrogen-bond donors (Lipinski definition) is 1. The number of carbonyl (C=O) groups is 2. The average Bonchev–Trinajstić information content (AvgIpc) is 3.17. The first-order chi connectivity index (χ1) is 13.0. The Balaban J connectivity index is 2.11. The van der Waals surface area contributed by atoms with E-state index < -0.39 is 18.5 Å². The first kappa shape index (κ1) is 20.3. The van der Waals surface area contributed by atoms with Gasteiger partial charge in [-0.3, -0.25) is 4.79 Å². The molecule has 144 valence electrons. The number of rotatable bonds is 9. The second-order valence-electron chi connectivity index (χ2n) is 5.81. The molecule has 8 heteroatoms. The van der Waals surface area contributed by atoms with Gasteiger partial charge in [-0.1, -0.05) is 6.07 Å². The summed E-state index contributed by atoms with van der Waals surface area (Å²) in [5.74, 6) is -1.29. The number of carboxylic acid groups (broad SMARTS) is 1. The summed E-state index contributed by atoms with van der Waals surface area (Å²) in [6.45, 7) is 2.54. The van der Waals surface area contributed by atoms with Crippen LogP contribution in [0.2, 0.25) is 0 Å². The highest BCUT2D eigenvalue weighted by molar-refractivity contribution is 6.01. The standard InChI is InChI=1S/C19H22N2O6/c1-2-25-17-9-13(5-6-16(17)27-12-18(22)23)8-14(10-20)19(24)21-11-15-4-3-7-26-15/h5-6,8-9,15H,2-4,7,11-12H2,1H3,(H,21,24)(H,22,23)/p-1/b14-8-/t15-/m1/s1. The van der Waals surface area contributed by atoms with E-state index in [1.54, 1.807) is 19.1 Å². The van der Waals surface area contributed by atoms with Crippen LogP contribution in [0, 0.1) is 11.3 Å². The molecule has 1 amide bonds. The third-order valence-corrected chi connectivity index (χ3v) is 3.80. The summed E-state index contributed by atoms with van der Waals surface area (Å²) in [5.41, 5.74) is 0.488. The van der Waals surface area contributed by atoms with Gasteiger partial charge in [0.05, 0.1) is 18.7 Å². The fourth-order valence-corrected chi connectivity index (χ4v) is 2.56. The van der Waals surface area contributed by atoms with E-state index in [1.807, 2.05) is 6.07 Å². The zero-order valence-corrected chi connectivity index (χ0v) is 15.0. The number of nitrogens with zero attached hydrogens (tertiary/aromatic N) is 1. The molecular formula is C19H21N2O6-. The van der Waals surface area contributed by atoms with Gasteiger partial charge in [0.25, 0.3) is 5.91 Å². The van der Waals surface area contributed by atoms with Crippen molar-refractivity contribution in [2.24, 2.45) is 0 Å². The quantitative estimate of drug-likeness (QED) is 0.492. The Kier molecular flexibility index (Phi) is 7.64. The Morgan fingerprint density at radius 1 is 1.41 bits per heavy atom. The molecule has 0 radical (unpaired) electrons. The van der Waals surface area contributed by atoms with E-state index in [-0.39, 0.29) is 17.4 Å². The minimum absolute atomic E-state index is 0.0152. The van der Waals surface area contributed by atoms with Gasteiger partial charge in [0.2, 0.25) is 0 Å². The highest BCUT2D eigenvalue weighted by atomic mass is 16.5. The van der Waals surface area contributed by atoms with Crippen molar-refractivity contribution < 1.29 is 28.9 Å². The molecule has 1 aliphatic rings. The third kappa shape index (κ3) is 6.31. The first-order valence-electron chi connectivity index (χ1n) is 8.64. The molecule has 27 heavy (non-hydrogen) atoms. The molecular weight excluding hydrogens is 352 g/mol. The molecule has 2 rings (SSSR count). The number of nitriles is 1. The maximum absolute atomic E-state index is 12.2. The van der Waals surface area contributed by atoms with Gasteiger partial charge < -0.3 is 29.4 Å². The number of ether oxygens (including phenoxy) is 3. The molecule has 0 unspecified atom stereocenters. The fraction of sp³-hybridized carbons (Fsp3) is 0.421. The fourth-order valence-electron chi connectivity index (χ4n) is 2.56. The van der Waals surface area contributed by atoms with Crippen LogP contribution in [0.15, 0.2) is 23.8 Å². The molecule has 0 saturated carbocycles. The van der Waals surface area contributed by atoms with Crippen LogP contribution >= 0.6 is 0 Å². The summed E-state index contributed by atoms with van der Waals surface area (Å²) in [6, 6.07) is 6.56. The molecule has 0 aromatic heterocycles. The summed E-state index contributed by atoms with van der Waals surface area (Å²) in [6.07, 6.45) is 3.26. The molecule has 1 heterocycles. The topological polar surface area (TPSA) is 121 Å². The summed E-state index contributed by atoms with van der Waals surface area (Å²) in [5, 5.41) is 22.5. The second kappa shape index (κ2) is 10.2.